The zero-order valence-corrected chi connectivity index (χ0v) is 6.74. The first kappa shape index (κ1) is 8.96. The van der Waals surface area contributed by atoms with Gasteiger partial charge < -0.3 is 5.32 Å². The van der Waals surface area contributed by atoms with Gasteiger partial charge in [-0.3, -0.25) is 0 Å². The van der Waals surface area contributed by atoms with E-state index in [4.69, 9.17) is 0 Å². The van der Waals surface area contributed by atoms with Crippen molar-refractivity contribution in [3.8, 4) is 0 Å². The Morgan fingerprint density at radius 3 is 2.22 bits per heavy atom. The molecule has 0 fully saturated rings. The lowest BCUT2D eigenvalue weighted by molar-refractivity contribution is 0.610. The van der Waals surface area contributed by atoms with Gasteiger partial charge >= 0.3 is 0 Å². The van der Waals surface area contributed by atoms with E-state index in [1.165, 1.54) is 38.6 Å². The van der Waals surface area contributed by atoms with Gasteiger partial charge in [-0.25, -0.2) is 0 Å². The molecule has 0 saturated heterocycles. The Morgan fingerprint density at radius 1 is 1.00 bits per heavy atom. The molecule has 0 saturated carbocycles. The van der Waals surface area contributed by atoms with Crippen molar-refractivity contribution >= 4 is 0 Å². The quantitative estimate of drug-likeness (QED) is 0.542. The van der Waals surface area contributed by atoms with Crippen LogP contribution in [0.2, 0.25) is 0 Å². The first-order chi connectivity index (χ1) is 4.41. The van der Waals surface area contributed by atoms with Crippen LogP contribution in [0.25, 0.3) is 0 Å². The van der Waals surface area contributed by atoms with E-state index in [9.17, 15) is 0 Å². The molecule has 56 valence electrons. The van der Waals surface area contributed by atoms with Gasteiger partial charge in [0.25, 0.3) is 0 Å². The Hall–Kier alpha value is -0.0400. The van der Waals surface area contributed by atoms with Crippen LogP contribution in [0.1, 0.15) is 39.0 Å². The van der Waals surface area contributed by atoms with Crippen molar-refractivity contribution in [1.82, 2.24) is 5.32 Å². The molecule has 0 atom stereocenters. The third-order valence-electron chi connectivity index (χ3n) is 1.53. The fourth-order valence-corrected chi connectivity index (χ4v) is 0.905. The lowest BCUT2D eigenvalue weighted by Crippen LogP contribution is -2.06. The predicted octanol–water partition coefficient (Wildman–Crippen LogP) is 2.18. The van der Waals surface area contributed by atoms with Crippen LogP contribution >= 0.6 is 0 Å². The largest absolute Gasteiger partial charge is 0.320 e. The standard InChI is InChI=1S/C8H19N/c1-3-4-5-6-7-8-9-2/h9H,3-8H2,1-2H3. The minimum atomic E-state index is 1.18. The number of rotatable bonds is 6. The van der Waals surface area contributed by atoms with Crippen LogP contribution in [0.4, 0.5) is 0 Å². The molecular formula is C8H19N. The third-order valence-corrected chi connectivity index (χ3v) is 1.53. The molecule has 0 aliphatic heterocycles. The first-order valence-electron chi connectivity index (χ1n) is 4.06. The molecule has 0 aromatic heterocycles. The predicted molar refractivity (Wildman–Crippen MR) is 42.7 cm³/mol. The summed E-state index contributed by atoms with van der Waals surface area (Å²) in [5.74, 6) is 0. The van der Waals surface area contributed by atoms with Crippen LogP contribution < -0.4 is 5.32 Å². The van der Waals surface area contributed by atoms with E-state index in [0.29, 0.717) is 0 Å². The molecule has 0 aromatic rings. The minimum Gasteiger partial charge on any atom is -0.320 e. The molecule has 9 heavy (non-hydrogen) atoms. The second kappa shape index (κ2) is 7.96. The molecule has 0 heterocycles. The van der Waals surface area contributed by atoms with Crippen molar-refractivity contribution in [2.45, 2.75) is 39.0 Å². The van der Waals surface area contributed by atoms with Crippen molar-refractivity contribution in [2.24, 2.45) is 0 Å². The smallest absolute Gasteiger partial charge is 0.00519 e. The van der Waals surface area contributed by atoms with Crippen LogP contribution in [0.3, 0.4) is 0 Å². The van der Waals surface area contributed by atoms with Crippen LogP contribution in [-0.2, 0) is 0 Å². The van der Waals surface area contributed by atoms with E-state index in [1.54, 1.807) is 0 Å². The zero-order chi connectivity index (χ0) is 6.95. The van der Waals surface area contributed by atoms with Crippen molar-refractivity contribution in [2.75, 3.05) is 13.6 Å². The molecule has 0 unspecified atom stereocenters. The highest BCUT2D eigenvalue weighted by molar-refractivity contribution is 4.43. The second-order valence-corrected chi connectivity index (χ2v) is 2.52. The van der Waals surface area contributed by atoms with Gasteiger partial charge in [0.15, 0.2) is 0 Å². The van der Waals surface area contributed by atoms with Gasteiger partial charge in [0.2, 0.25) is 0 Å². The summed E-state index contributed by atoms with van der Waals surface area (Å²) < 4.78 is 0. The third kappa shape index (κ3) is 7.96. The zero-order valence-electron chi connectivity index (χ0n) is 6.74. The number of unbranched alkanes of at least 4 members (excludes halogenated alkanes) is 4. The van der Waals surface area contributed by atoms with Gasteiger partial charge in [-0.1, -0.05) is 32.6 Å². The molecule has 0 radical (unpaired) electrons. The molecular weight excluding hydrogens is 110 g/mol. The molecule has 0 aromatic carbocycles. The van der Waals surface area contributed by atoms with Gasteiger partial charge in [0.05, 0.1) is 0 Å². The Balaban J connectivity index is 2.60. The Morgan fingerprint density at radius 2 is 1.67 bits per heavy atom. The monoisotopic (exact) mass is 129 g/mol. The highest BCUT2D eigenvalue weighted by Crippen LogP contribution is 2.00. The van der Waals surface area contributed by atoms with Crippen molar-refractivity contribution < 1.29 is 0 Å². The molecule has 0 aliphatic carbocycles. The number of hydrogen-bond acceptors (Lipinski definition) is 1. The number of nitrogens with one attached hydrogen (secondary N) is 1. The minimum absolute atomic E-state index is 1.18. The molecule has 0 rings (SSSR count). The van der Waals surface area contributed by atoms with Gasteiger partial charge in [-0.2, -0.15) is 0 Å². The summed E-state index contributed by atoms with van der Waals surface area (Å²) in [6, 6.07) is 0. The van der Waals surface area contributed by atoms with Crippen LogP contribution in [0.15, 0.2) is 0 Å². The summed E-state index contributed by atoms with van der Waals surface area (Å²) in [6.07, 6.45) is 6.91. The summed E-state index contributed by atoms with van der Waals surface area (Å²) in [6.45, 7) is 3.43. The molecule has 0 spiro atoms. The lowest BCUT2D eigenvalue weighted by Gasteiger charge is -1.97. The SMILES string of the molecule is CCCCCCCNC. The van der Waals surface area contributed by atoms with E-state index in [2.05, 4.69) is 12.2 Å². The average molecular weight is 129 g/mol. The fraction of sp³-hybridized carbons (Fsp3) is 1.00. The van der Waals surface area contributed by atoms with E-state index in [0.717, 1.165) is 0 Å². The van der Waals surface area contributed by atoms with Gasteiger partial charge in [-0.15, -0.1) is 0 Å². The molecule has 0 bridgehead atoms. The average Bonchev–Trinajstić information content (AvgIpc) is 1.89. The van der Waals surface area contributed by atoms with Crippen LogP contribution in [-0.4, -0.2) is 13.6 Å². The summed E-state index contributed by atoms with van der Waals surface area (Å²) in [5.41, 5.74) is 0. The van der Waals surface area contributed by atoms with Crippen molar-refractivity contribution in [3.05, 3.63) is 0 Å². The molecule has 1 heteroatoms. The van der Waals surface area contributed by atoms with E-state index < -0.39 is 0 Å². The molecule has 1 nitrogen and oxygen atoms in total. The van der Waals surface area contributed by atoms with E-state index in [1.807, 2.05) is 7.05 Å². The Kier molecular flexibility index (Phi) is 7.92. The van der Waals surface area contributed by atoms with Crippen LogP contribution in [0.5, 0.6) is 0 Å². The van der Waals surface area contributed by atoms with Crippen molar-refractivity contribution in [1.29, 1.82) is 0 Å². The maximum atomic E-state index is 3.14. The normalized spacial score (nSPS) is 10.0. The topological polar surface area (TPSA) is 12.0 Å². The first-order valence-corrected chi connectivity index (χ1v) is 4.06. The van der Waals surface area contributed by atoms with Gasteiger partial charge in [0.1, 0.15) is 0 Å². The lowest BCUT2D eigenvalue weighted by atomic mass is 10.1. The summed E-state index contributed by atoms with van der Waals surface area (Å²) in [7, 11) is 2.01. The van der Waals surface area contributed by atoms with E-state index in [-0.39, 0.29) is 0 Å². The van der Waals surface area contributed by atoms with Crippen molar-refractivity contribution in [3.63, 3.8) is 0 Å². The van der Waals surface area contributed by atoms with Crippen LogP contribution in [0, 0.1) is 0 Å². The molecule has 0 amide bonds. The maximum Gasteiger partial charge on any atom is -0.00519 e. The Bertz CT molecular complexity index is 37.8. The van der Waals surface area contributed by atoms with E-state index >= 15 is 0 Å². The highest BCUT2D eigenvalue weighted by atomic mass is 14.8. The fourth-order valence-electron chi connectivity index (χ4n) is 0.905. The molecule has 1 N–H and O–H groups in total. The van der Waals surface area contributed by atoms with Gasteiger partial charge in [-0.05, 0) is 20.0 Å². The highest BCUT2D eigenvalue weighted by Gasteiger charge is 1.85. The maximum absolute atomic E-state index is 3.14. The van der Waals surface area contributed by atoms with Gasteiger partial charge in [0, 0.05) is 0 Å². The summed E-state index contributed by atoms with van der Waals surface area (Å²) in [5, 5.41) is 3.14. The summed E-state index contributed by atoms with van der Waals surface area (Å²) in [4.78, 5) is 0. The number of hydrogen-bond donors (Lipinski definition) is 1. The summed E-state index contributed by atoms with van der Waals surface area (Å²) >= 11 is 0. The molecule has 0 aliphatic rings. The second-order valence-electron chi connectivity index (χ2n) is 2.52. The Labute approximate surface area is 58.8 Å².